The Hall–Kier alpha value is -5.86. The van der Waals surface area contributed by atoms with Gasteiger partial charge in [0.25, 0.3) is 0 Å². The van der Waals surface area contributed by atoms with Gasteiger partial charge in [-0.1, -0.05) is 121 Å². The van der Waals surface area contributed by atoms with Crippen LogP contribution in [0.5, 0.6) is 0 Å². The van der Waals surface area contributed by atoms with Crippen LogP contribution in [0.3, 0.4) is 0 Å². The minimum atomic E-state index is 0.615. The third-order valence-electron chi connectivity index (χ3n) is 14.1. The number of fused-ring (bicyclic) bond motifs is 6. The average Bonchev–Trinajstić information content (AvgIpc) is 3.60. The van der Waals surface area contributed by atoms with E-state index < -0.39 is 0 Å². The first-order chi connectivity index (χ1) is 26.7. The minimum Gasteiger partial charge on any atom is -0.455 e. The lowest BCUT2D eigenvalue weighted by Gasteiger charge is -2.54. The summed E-state index contributed by atoms with van der Waals surface area (Å²) in [6, 6.07) is 54.6. The first-order valence-electron chi connectivity index (χ1n) is 20.1. The Kier molecular flexibility index (Phi) is 5.95. The molecule has 10 aromatic rings. The van der Waals surface area contributed by atoms with Crippen molar-refractivity contribution in [2.24, 2.45) is 23.7 Å². The minimum absolute atomic E-state index is 0.615. The molecule has 2 heteroatoms. The van der Waals surface area contributed by atoms with E-state index in [2.05, 4.69) is 150 Å². The molecular formula is C52H39NO. The highest BCUT2D eigenvalue weighted by Gasteiger charge is 2.49. The predicted molar refractivity (Wildman–Crippen MR) is 227 cm³/mol. The second kappa shape index (κ2) is 10.9. The van der Waals surface area contributed by atoms with Gasteiger partial charge in [0.2, 0.25) is 0 Å². The zero-order chi connectivity index (χ0) is 35.1. The standard InChI is InChI=1S/C52H39NO/c1-2-12-38-32(8-1)9-6-16-44(38)53(45-23-21-35-19-18-33-10-5-11-34-20-22-41(45)50(35)49(33)34)46-29-43-51-42(48-36-25-30-24-31(27-36)28-37(48)26-30)15-7-17-47(51)54-52(43)40-14-4-3-13-39(40)46/h1-23,29-31,36-37,48H,24-28H2. The maximum absolute atomic E-state index is 6.99. The second-order valence-corrected chi connectivity index (χ2v) is 16.9. The Bertz CT molecular complexity index is 3100. The van der Waals surface area contributed by atoms with Crippen molar-refractivity contribution >= 4 is 92.9 Å². The summed E-state index contributed by atoms with van der Waals surface area (Å²) in [6.45, 7) is 0. The fraction of sp³-hybridized carbons (Fsp3) is 0.192. The third kappa shape index (κ3) is 4.01. The van der Waals surface area contributed by atoms with Crippen LogP contribution in [-0.4, -0.2) is 0 Å². The summed E-state index contributed by atoms with van der Waals surface area (Å²) >= 11 is 0. The molecule has 1 heterocycles. The van der Waals surface area contributed by atoms with Gasteiger partial charge >= 0.3 is 0 Å². The van der Waals surface area contributed by atoms with Gasteiger partial charge in [0, 0.05) is 32.3 Å². The summed E-state index contributed by atoms with van der Waals surface area (Å²) in [7, 11) is 0. The Morgan fingerprint density at radius 1 is 0.407 bits per heavy atom. The first-order valence-corrected chi connectivity index (χ1v) is 20.1. The van der Waals surface area contributed by atoms with Crippen LogP contribution in [0.2, 0.25) is 0 Å². The summed E-state index contributed by atoms with van der Waals surface area (Å²) in [5.41, 5.74) is 7.12. The molecule has 0 aliphatic heterocycles. The number of hydrogen-bond acceptors (Lipinski definition) is 2. The number of benzene rings is 9. The van der Waals surface area contributed by atoms with Gasteiger partial charge in [-0.15, -0.1) is 0 Å². The fourth-order valence-electron chi connectivity index (χ4n) is 12.3. The lowest BCUT2D eigenvalue weighted by Crippen LogP contribution is -2.43. The van der Waals surface area contributed by atoms with E-state index in [1.54, 1.807) is 0 Å². The summed E-state index contributed by atoms with van der Waals surface area (Å²) in [4.78, 5) is 2.57. The Balaban J connectivity index is 1.15. The van der Waals surface area contributed by atoms with Crippen LogP contribution in [0.25, 0.3) is 75.8 Å². The number of furan rings is 1. The van der Waals surface area contributed by atoms with Crippen molar-refractivity contribution < 1.29 is 4.42 Å². The Morgan fingerprint density at radius 2 is 1.02 bits per heavy atom. The molecule has 9 aromatic carbocycles. The summed E-state index contributed by atoms with van der Waals surface area (Å²) in [5.74, 6) is 4.09. The molecule has 4 aliphatic rings. The molecule has 4 saturated carbocycles. The summed E-state index contributed by atoms with van der Waals surface area (Å²) < 4.78 is 6.99. The zero-order valence-corrected chi connectivity index (χ0v) is 30.1. The van der Waals surface area contributed by atoms with Gasteiger partial charge in [0.05, 0.1) is 17.1 Å². The maximum atomic E-state index is 6.99. The van der Waals surface area contributed by atoms with E-state index in [1.807, 2.05) is 0 Å². The third-order valence-corrected chi connectivity index (χ3v) is 14.1. The fourth-order valence-corrected chi connectivity index (χ4v) is 12.3. The maximum Gasteiger partial charge on any atom is 0.143 e. The molecule has 0 unspecified atom stereocenters. The van der Waals surface area contributed by atoms with Crippen molar-refractivity contribution in [1.29, 1.82) is 0 Å². The number of nitrogens with zero attached hydrogens (tertiary/aromatic N) is 1. The topological polar surface area (TPSA) is 16.4 Å². The second-order valence-electron chi connectivity index (χ2n) is 16.9. The van der Waals surface area contributed by atoms with Crippen LogP contribution in [-0.2, 0) is 0 Å². The molecule has 4 fully saturated rings. The molecule has 0 spiro atoms. The van der Waals surface area contributed by atoms with Gasteiger partial charge < -0.3 is 9.32 Å². The Morgan fingerprint density at radius 3 is 1.83 bits per heavy atom. The molecule has 14 rings (SSSR count). The summed E-state index contributed by atoms with van der Waals surface area (Å²) in [6.07, 6.45) is 7.09. The largest absolute Gasteiger partial charge is 0.455 e. The van der Waals surface area contributed by atoms with Gasteiger partial charge in [0.15, 0.2) is 0 Å². The van der Waals surface area contributed by atoms with E-state index in [0.29, 0.717) is 5.92 Å². The molecule has 0 amide bonds. The van der Waals surface area contributed by atoms with Gasteiger partial charge in [-0.05, 0) is 124 Å². The van der Waals surface area contributed by atoms with E-state index in [4.69, 9.17) is 4.42 Å². The van der Waals surface area contributed by atoms with Crippen LogP contribution in [0.15, 0.2) is 150 Å². The highest BCUT2D eigenvalue weighted by atomic mass is 16.3. The Labute approximate surface area is 313 Å². The lowest BCUT2D eigenvalue weighted by atomic mass is 9.50. The van der Waals surface area contributed by atoms with Gasteiger partial charge in [0.1, 0.15) is 11.2 Å². The van der Waals surface area contributed by atoms with Crippen LogP contribution >= 0.6 is 0 Å². The van der Waals surface area contributed by atoms with E-state index in [0.717, 1.165) is 34.8 Å². The molecule has 0 N–H and O–H groups in total. The molecule has 4 aliphatic carbocycles. The van der Waals surface area contributed by atoms with Crippen LogP contribution in [0.1, 0.15) is 43.6 Å². The zero-order valence-electron chi connectivity index (χ0n) is 30.1. The molecule has 1 aromatic heterocycles. The van der Waals surface area contributed by atoms with Gasteiger partial charge in [-0.2, -0.15) is 0 Å². The normalized spacial score (nSPS) is 22.3. The van der Waals surface area contributed by atoms with E-state index in [1.165, 1.54) is 119 Å². The average molecular weight is 694 g/mol. The quantitative estimate of drug-likeness (QED) is 0.171. The number of rotatable bonds is 4. The van der Waals surface area contributed by atoms with Gasteiger partial charge in [-0.25, -0.2) is 0 Å². The van der Waals surface area contributed by atoms with E-state index >= 15 is 0 Å². The van der Waals surface area contributed by atoms with Crippen molar-refractivity contribution in [3.05, 3.63) is 151 Å². The smallest absolute Gasteiger partial charge is 0.143 e. The van der Waals surface area contributed by atoms with E-state index in [-0.39, 0.29) is 0 Å². The van der Waals surface area contributed by atoms with Crippen LogP contribution < -0.4 is 4.90 Å². The van der Waals surface area contributed by atoms with Crippen molar-refractivity contribution in [3.63, 3.8) is 0 Å². The molecule has 0 atom stereocenters. The van der Waals surface area contributed by atoms with Crippen LogP contribution in [0.4, 0.5) is 17.1 Å². The SMILES string of the molecule is c1ccc2c(N(c3cc4c(oc5cccc(C6C7CC8CC(C7)CC6C8)c54)c4ccccc34)c3ccc4ccc5cccc6ccc3c4c56)cccc2c1. The molecule has 0 radical (unpaired) electrons. The van der Waals surface area contributed by atoms with Crippen LogP contribution in [0, 0.1) is 23.7 Å². The molecular weight excluding hydrogens is 655 g/mol. The molecule has 54 heavy (non-hydrogen) atoms. The predicted octanol–water partition coefficient (Wildman–Crippen LogP) is 14.8. The highest BCUT2D eigenvalue weighted by Crippen LogP contribution is 2.61. The number of anilines is 3. The highest BCUT2D eigenvalue weighted by molar-refractivity contribution is 6.27. The van der Waals surface area contributed by atoms with E-state index in [9.17, 15) is 0 Å². The van der Waals surface area contributed by atoms with Crippen molar-refractivity contribution in [2.45, 2.75) is 38.0 Å². The van der Waals surface area contributed by atoms with Gasteiger partial charge in [-0.3, -0.25) is 0 Å². The molecule has 258 valence electrons. The first kappa shape index (κ1) is 29.6. The van der Waals surface area contributed by atoms with Crippen molar-refractivity contribution in [2.75, 3.05) is 4.90 Å². The monoisotopic (exact) mass is 693 g/mol. The van der Waals surface area contributed by atoms with Crippen molar-refractivity contribution in [3.8, 4) is 0 Å². The molecule has 2 nitrogen and oxygen atoms in total. The molecule has 0 saturated heterocycles. The van der Waals surface area contributed by atoms with Crippen molar-refractivity contribution in [1.82, 2.24) is 0 Å². The summed E-state index contributed by atoms with van der Waals surface area (Å²) in [5, 5.41) is 15.2. The molecule has 4 bridgehead atoms. The lowest BCUT2D eigenvalue weighted by molar-refractivity contribution is -0.00229. The number of hydrogen-bond donors (Lipinski definition) is 0.